The molecule has 0 atom stereocenters. The van der Waals surface area contributed by atoms with Crippen LogP contribution in [-0.2, 0) is 6.54 Å². The zero-order valence-corrected chi connectivity index (χ0v) is 12.7. The van der Waals surface area contributed by atoms with Crippen LogP contribution in [0.5, 0.6) is 0 Å². The highest BCUT2D eigenvalue weighted by Gasteiger charge is 2.08. The fourth-order valence-electron chi connectivity index (χ4n) is 2.12. The second-order valence-corrected chi connectivity index (χ2v) is 5.26. The van der Waals surface area contributed by atoms with Gasteiger partial charge in [0.15, 0.2) is 11.6 Å². The molecule has 0 bridgehead atoms. The highest BCUT2D eigenvalue weighted by atomic mass is 35.5. The van der Waals surface area contributed by atoms with Gasteiger partial charge in [0.2, 0.25) is 0 Å². The molecule has 0 aliphatic heterocycles. The SMILES string of the molecule is Fc1cccc(CNc2nc(-c3ccnc(Cl)c3)ccc2F)c1. The lowest BCUT2D eigenvalue weighted by atomic mass is 10.2. The number of nitrogens with zero attached hydrogens (tertiary/aromatic N) is 2. The summed E-state index contributed by atoms with van der Waals surface area (Å²) in [6.07, 6.45) is 1.56. The molecule has 1 N–H and O–H groups in total. The van der Waals surface area contributed by atoms with Crippen LogP contribution in [-0.4, -0.2) is 9.97 Å². The van der Waals surface area contributed by atoms with Crippen molar-refractivity contribution in [3.05, 3.63) is 77.1 Å². The first-order valence-electron chi connectivity index (χ1n) is 6.88. The Morgan fingerprint density at radius 2 is 1.91 bits per heavy atom. The molecule has 1 aromatic carbocycles. The molecule has 0 fully saturated rings. The van der Waals surface area contributed by atoms with Crippen LogP contribution < -0.4 is 5.32 Å². The van der Waals surface area contributed by atoms with Crippen LogP contribution in [0.25, 0.3) is 11.3 Å². The molecule has 0 amide bonds. The van der Waals surface area contributed by atoms with Crippen LogP contribution in [0, 0.1) is 11.6 Å². The topological polar surface area (TPSA) is 37.8 Å². The van der Waals surface area contributed by atoms with E-state index in [9.17, 15) is 8.78 Å². The van der Waals surface area contributed by atoms with Gasteiger partial charge in [-0.25, -0.2) is 18.7 Å². The van der Waals surface area contributed by atoms with Gasteiger partial charge in [-0.05, 0) is 42.0 Å². The number of nitrogens with one attached hydrogen (secondary N) is 1. The Bertz CT molecular complexity index is 840. The van der Waals surface area contributed by atoms with E-state index in [0.29, 0.717) is 16.4 Å². The number of hydrogen-bond acceptors (Lipinski definition) is 3. The predicted octanol–water partition coefficient (Wildman–Crippen LogP) is 4.69. The van der Waals surface area contributed by atoms with Gasteiger partial charge in [-0.15, -0.1) is 0 Å². The summed E-state index contributed by atoms with van der Waals surface area (Å²) in [6.45, 7) is 0.266. The van der Waals surface area contributed by atoms with Crippen LogP contribution in [0.2, 0.25) is 5.15 Å². The lowest BCUT2D eigenvalue weighted by molar-refractivity contribution is 0.622. The van der Waals surface area contributed by atoms with Gasteiger partial charge in [-0.1, -0.05) is 23.7 Å². The summed E-state index contributed by atoms with van der Waals surface area (Å²) in [6, 6.07) is 12.4. The number of hydrogen-bond donors (Lipinski definition) is 1. The van der Waals surface area contributed by atoms with Crippen LogP contribution in [0.4, 0.5) is 14.6 Å². The maximum atomic E-state index is 13.9. The summed E-state index contributed by atoms with van der Waals surface area (Å²) >= 11 is 5.86. The molecule has 0 aliphatic rings. The average Bonchev–Trinajstić information content (AvgIpc) is 2.54. The minimum absolute atomic E-state index is 0.0969. The molecular formula is C17H12ClF2N3. The van der Waals surface area contributed by atoms with E-state index in [4.69, 9.17) is 11.6 Å². The first-order valence-corrected chi connectivity index (χ1v) is 7.26. The third-order valence-electron chi connectivity index (χ3n) is 3.22. The molecule has 0 aliphatic carbocycles. The minimum atomic E-state index is -0.481. The van der Waals surface area contributed by atoms with Gasteiger partial charge in [0, 0.05) is 18.3 Å². The van der Waals surface area contributed by atoms with Crippen molar-refractivity contribution in [2.24, 2.45) is 0 Å². The number of halogens is 3. The molecule has 23 heavy (non-hydrogen) atoms. The normalized spacial score (nSPS) is 10.6. The first kappa shape index (κ1) is 15.4. The Balaban J connectivity index is 1.83. The van der Waals surface area contributed by atoms with Gasteiger partial charge in [-0.2, -0.15) is 0 Å². The fourth-order valence-corrected chi connectivity index (χ4v) is 2.30. The van der Waals surface area contributed by atoms with Crippen molar-refractivity contribution in [2.45, 2.75) is 6.54 Å². The number of aromatic nitrogens is 2. The van der Waals surface area contributed by atoms with Crippen molar-refractivity contribution < 1.29 is 8.78 Å². The molecule has 2 aromatic heterocycles. The third-order valence-corrected chi connectivity index (χ3v) is 3.42. The Kier molecular flexibility index (Phi) is 4.48. The van der Waals surface area contributed by atoms with Crippen molar-refractivity contribution in [3.63, 3.8) is 0 Å². The molecule has 0 saturated carbocycles. The number of rotatable bonds is 4. The third kappa shape index (κ3) is 3.81. The van der Waals surface area contributed by atoms with E-state index in [1.165, 1.54) is 18.2 Å². The molecule has 3 rings (SSSR count). The summed E-state index contributed by atoms with van der Waals surface area (Å²) < 4.78 is 27.1. The van der Waals surface area contributed by atoms with E-state index < -0.39 is 5.82 Å². The van der Waals surface area contributed by atoms with Crippen molar-refractivity contribution in [2.75, 3.05) is 5.32 Å². The molecule has 6 heteroatoms. The van der Waals surface area contributed by atoms with Gasteiger partial charge >= 0.3 is 0 Å². The van der Waals surface area contributed by atoms with Crippen LogP contribution in [0.15, 0.2) is 54.7 Å². The highest BCUT2D eigenvalue weighted by Crippen LogP contribution is 2.23. The predicted molar refractivity (Wildman–Crippen MR) is 86.2 cm³/mol. The second kappa shape index (κ2) is 6.71. The quantitative estimate of drug-likeness (QED) is 0.705. The smallest absolute Gasteiger partial charge is 0.165 e. The highest BCUT2D eigenvalue weighted by molar-refractivity contribution is 6.29. The molecule has 0 saturated heterocycles. The van der Waals surface area contributed by atoms with E-state index in [0.717, 1.165) is 5.56 Å². The molecule has 0 radical (unpaired) electrons. The summed E-state index contributed by atoms with van der Waals surface area (Å²) in [5, 5.41) is 3.22. The standard InChI is InChI=1S/C17H12ClF2N3/c18-16-9-12(6-7-21-16)15-5-4-14(20)17(23-15)22-10-11-2-1-3-13(19)8-11/h1-9H,10H2,(H,22,23). The second-order valence-electron chi connectivity index (χ2n) is 4.88. The Hall–Kier alpha value is -2.53. The summed E-state index contributed by atoms with van der Waals surface area (Å²) in [7, 11) is 0. The minimum Gasteiger partial charge on any atom is -0.364 e. The van der Waals surface area contributed by atoms with E-state index >= 15 is 0 Å². The van der Waals surface area contributed by atoms with Crippen LogP contribution >= 0.6 is 11.6 Å². The lowest BCUT2D eigenvalue weighted by Crippen LogP contribution is -2.04. The number of benzene rings is 1. The van der Waals surface area contributed by atoms with Gasteiger partial charge in [0.1, 0.15) is 11.0 Å². The molecule has 3 aromatic rings. The molecule has 3 nitrogen and oxygen atoms in total. The zero-order chi connectivity index (χ0) is 16.2. The Morgan fingerprint density at radius 1 is 1.04 bits per heavy atom. The number of pyridine rings is 2. The van der Waals surface area contributed by atoms with Crippen LogP contribution in [0.1, 0.15) is 5.56 Å². The maximum Gasteiger partial charge on any atom is 0.165 e. The lowest BCUT2D eigenvalue weighted by Gasteiger charge is -2.09. The summed E-state index contributed by atoms with van der Waals surface area (Å²) in [5.41, 5.74) is 2.00. The van der Waals surface area contributed by atoms with Gasteiger partial charge in [0.25, 0.3) is 0 Å². The zero-order valence-electron chi connectivity index (χ0n) is 11.9. The van der Waals surface area contributed by atoms with Crippen molar-refractivity contribution in [1.82, 2.24) is 9.97 Å². The Morgan fingerprint density at radius 3 is 2.70 bits per heavy atom. The maximum absolute atomic E-state index is 13.9. The number of anilines is 1. The molecule has 0 unspecified atom stereocenters. The van der Waals surface area contributed by atoms with Crippen molar-refractivity contribution in [3.8, 4) is 11.3 Å². The molecular weight excluding hydrogens is 320 g/mol. The van der Waals surface area contributed by atoms with Crippen LogP contribution in [0.3, 0.4) is 0 Å². The van der Waals surface area contributed by atoms with Gasteiger partial charge < -0.3 is 5.32 Å². The molecule has 0 spiro atoms. The summed E-state index contributed by atoms with van der Waals surface area (Å²) in [4.78, 5) is 8.16. The van der Waals surface area contributed by atoms with Gasteiger partial charge in [0.05, 0.1) is 5.69 Å². The largest absolute Gasteiger partial charge is 0.364 e. The molecule has 116 valence electrons. The van der Waals surface area contributed by atoms with E-state index in [2.05, 4.69) is 15.3 Å². The van der Waals surface area contributed by atoms with E-state index in [1.54, 1.807) is 36.5 Å². The fraction of sp³-hybridized carbons (Fsp3) is 0.0588. The van der Waals surface area contributed by atoms with E-state index in [-0.39, 0.29) is 18.2 Å². The van der Waals surface area contributed by atoms with E-state index in [1.807, 2.05) is 0 Å². The monoisotopic (exact) mass is 331 g/mol. The average molecular weight is 332 g/mol. The first-order chi connectivity index (χ1) is 11.1. The van der Waals surface area contributed by atoms with Gasteiger partial charge in [-0.3, -0.25) is 0 Å². The van der Waals surface area contributed by atoms with Crippen molar-refractivity contribution >= 4 is 17.4 Å². The summed E-state index contributed by atoms with van der Waals surface area (Å²) in [5.74, 6) is -0.720. The Labute approximate surface area is 137 Å². The van der Waals surface area contributed by atoms with Crippen molar-refractivity contribution in [1.29, 1.82) is 0 Å². The molecule has 2 heterocycles.